The summed E-state index contributed by atoms with van der Waals surface area (Å²) in [5.41, 5.74) is 8.88. The maximum absolute atomic E-state index is 5.98. The minimum absolute atomic E-state index is 0.445. The zero-order valence-corrected chi connectivity index (χ0v) is 11.9. The highest BCUT2D eigenvalue weighted by molar-refractivity contribution is 5.66. The number of nitrogen functional groups attached to an aromatic ring is 1. The number of benzene rings is 1. The number of aromatic nitrogens is 2. The highest BCUT2D eigenvalue weighted by Gasteiger charge is 2.09. The second kappa shape index (κ2) is 5.78. The lowest BCUT2D eigenvalue weighted by atomic mass is 10.2. The summed E-state index contributed by atoms with van der Waals surface area (Å²) in [6, 6.07) is 10.4. The molecule has 1 unspecified atom stereocenters. The number of nitrogens with zero attached hydrogens (tertiary/aromatic N) is 3. The van der Waals surface area contributed by atoms with Crippen LogP contribution in [0.15, 0.2) is 36.5 Å². The van der Waals surface area contributed by atoms with Crippen molar-refractivity contribution in [3.05, 3.63) is 42.2 Å². The summed E-state index contributed by atoms with van der Waals surface area (Å²) in [5.74, 6) is 0. The fourth-order valence-corrected chi connectivity index (χ4v) is 2.06. The molecule has 1 aromatic heterocycles. The summed E-state index contributed by atoms with van der Waals surface area (Å²) in [6.45, 7) is 5.11. The predicted molar refractivity (Wildman–Crippen MR) is 80.2 cm³/mol. The molecule has 0 aliphatic carbocycles. The van der Waals surface area contributed by atoms with Gasteiger partial charge in [-0.15, -0.1) is 0 Å². The number of para-hydroxylation sites is 2. The van der Waals surface area contributed by atoms with E-state index in [9.17, 15) is 0 Å². The van der Waals surface area contributed by atoms with Crippen LogP contribution in [0.2, 0.25) is 0 Å². The Bertz CT molecular complexity index is 532. The van der Waals surface area contributed by atoms with Crippen LogP contribution in [0.1, 0.15) is 32.0 Å². The van der Waals surface area contributed by atoms with Gasteiger partial charge in [0.1, 0.15) is 0 Å². The van der Waals surface area contributed by atoms with Crippen LogP contribution in [0.4, 0.5) is 11.4 Å². The highest BCUT2D eigenvalue weighted by atomic mass is 15.3. The molecule has 4 heteroatoms. The average Bonchev–Trinajstić information content (AvgIpc) is 2.86. The third-order valence-corrected chi connectivity index (χ3v) is 3.45. The summed E-state index contributed by atoms with van der Waals surface area (Å²) in [7, 11) is 2.04. The van der Waals surface area contributed by atoms with Crippen molar-refractivity contribution in [2.24, 2.45) is 0 Å². The first kappa shape index (κ1) is 13.5. The summed E-state index contributed by atoms with van der Waals surface area (Å²) >= 11 is 0. The molecule has 2 N–H and O–H groups in total. The minimum atomic E-state index is 0.445. The van der Waals surface area contributed by atoms with E-state index in [2.05, 4.69) is 29.9 Å². The van der Waals surface area contributed by atoms with Gasteiger partial charge < -0.3 is 10.6 Å². The molecule has 0 fully saturated rings. The van der Waals surface area contributed by atoms with Crippen LogP contribution in [0.5, 0.6) is 0 Å². The van der Waals surface area contributed by atoms with Gasteiger partial charge in [-0.3, -0.25) is 4.68 Å². The van der Waals surface area contributed by atoms with Crippen molar-refractivity contribution < 1.29 is 0 Å². The smallest absolute Gasteiger partial charge is 0.0817 e. The van der Waals surface area contributed by atoms with Gasteiger partial charge in [0, 0.05) is 19.3 Å². The van der Waals surface area contributed by atoms with Crippen LogP contribution in [0, 0.1) is 0 Å². The quantitative estimate of drug-likeness (QED) is 0.838. The SMILES string of the molecule is CCC(C)n1ccc(CN(C)c2ccccc2N)n1. The molecule has 1 heterocycles. The molecule has 0 bridgehead atoms. The molecule has 0 spiro atoms. The van der Waals surface area contributed by atoms with Crippen LogP contribution in [-0.4, -0.2) is 16.8 Å². The Morgan fingerprint density at radius 3 is 2.74 bits per heavy atom. The Morgan fingerprint density at radius 1 is 1.32 bits per heavy atom. The molecule has 0 aliphatic heterocycles. The fraction of sp³-hybridized carbons (Fsp3) is 0.400. The summed E-state index contributed by atoms with van der Waals surface area (Å²) in [5, 5.41) is 4.61. The molecule has 1 atom stereocenters. The molecular formula is C15H22N4. The lowest BCUT2D eigenvalue weighted by molar-refractivity contribution is 0.473. The number of hydrogen-bond acceptors (Lipinski definition) is 3. The Kier molecular flexibility index (Phi) is 4.10. The molecule has 0 aliphatic rings. The fourth-order valence-electron chi connectivity index (χ4n) is 2.06. The first-order valence-electron chi connectivity index (χ1n) is 6.71. The molecule has 102 valence electrons. The van der Waals surface area contributed by atoms with E-state index < -0.39 is 0 Å². The molecule has 19 heavy (non-hydrogen) atoms. The number of nitrogens with two attached hydrogens (primary N) is 1. The van der Waals surface area contributed by atoms with Gasteiger partial charge >= 0.3 is 0 Å². The normalized spacial score (nSPS) is 12.4. The van der Waals surface area contributed by atoms with E-state index in [-0.39, 0.29) is 0 Å². The van der Waals surface area contributed by atoms with Gasteiger partial charge in [0.15, 0.2) is 0 Å². The van der Waals surface area contributed by atoms with Crippen LogP contribution >= 0.6 is 0 Å². The minimum Gasteiger partial charge on any atom is -0.397 e. The Balaban J connectivity index is 2.09. The van der Waals surface area contributed by atoms with Crippen molar-refractivity contribution in [3.8, 4) is 0 Å². The zero-order valence-electron chi connectivity index (χ0n) is 11.9. The summed E-state index contributed by atoms with van der Waals surface area (Å²) in [6.07, 6.45) is 3.13. The molecule has 4 nitrogen and oxygen atoms in total. The third-order valence-electron chi connectivity index (χ3n) is 3.45. The standard InChI is InChI=1S/C15H22N4/c1-4-12(2)19-10-9-13(17-19)11-18(3)15-8-6-5-7-14(15)16/h5-10,12H,4,11,16H2,1-3H3. The van der Waals surface area contributed by atoms with Gasteiger partial charge in [-0.05, 0) is 31.5 Å². The van der Waals surface area contributed by atoms with Gasteiger partial charge in [-0.1, -0.05) is 19.1 Å². The van der Waals surface area contributed by atoms with Gasteiger partial charge in [-0.2, -0.15) is 5.10 Å². The molecule has 0 radical (unpaired) electrons. The number of rotatable bonds is 5. The van der Waals surface area contributed by atoms with E-state index in [4.69, 9.17) is 5.73 Å². The van der Waals surface area contributed by atoms with Gasteiger partial charge in [0.2, 0.25) is 0 Å². The van der Waals surface area contributed by atoms with E-state index in [0.717, 1.165) is 30.0 Å². The molecule has 0 amide bonds. The van der Waals surface area contributed by atoms with Crippen LogP contribution in [-0.2, 0) is 6.54 Å². The van der Waals surface area contributed by atoms with E-state index in [1.54, 1.807) is 0 Å². The van der Waals surface area contributed by atoms with E-state index in [1.165, 1.54) is 0 Å². The van der Waals surface area contributed by atoms with Gasteiger partial charge in [0.25, 0.3) is 0 Å². The monoisotopic (exact) mass is 258 g/mol. The summed E-state index contributed by atoms with van der Waals surface area (Å²) in [4.78, 5) is 2.12. The second-order valence-electron chi connectivity index (χ2n) is 4.96. The van der Waals surface area contributed by atoms with E-state index >= 15 is 0 Å². The Labute approximate surface area is 114 Å². The molecule has 0 saturated carbocycles. The predicted octanol–water partition coefficient (Wildman–Crippen LogP) is 3.07. The van der Waals surface area contributed by atoms with Crippen molar-refractivity contribution in [1.29, 1.82) is 0 Å². The van der Waals surface area contributed by atoms with Crippen molar-refractivity contribution in [1.82, 2.24) is 9.78 Å². The molecular weight excluding hydrogens is 236 g/mol. The number of anilines is 2. The Hall–Kier alpha value is -1.97. The lowest BCUT2D eigenvalue weighted by Crippen LogP contribution is -2.18. The van der Waals surface area contributed by atoms with Crippen molar-refractivity contribution >= 4 is 11.4 Å². The van der Waals surface area contributed by atoms with Crippen LogP contribution in [0.25, 0.3) is 0 Å². The maximum Gasteiger partial charge on any atom is 0.0817 e. The van der Waals surface area contributed by atoms with E-state index in [1.807, 2.05) is 42.2 Å². The first-order valence-corrected chi connectivity index (χ1v) is 6.71. The van der Waals surface area contributed by atoms with Crippen molar-refractivity contribution in [3.63, 3.8) is 0 Å². The Morgan fingerprint density at radius 2 is 2.05 bits per heavy atom. The third kappa shape index (κ3) is 3.08. The molecule has 0 saturated heterocycles. The largest absolute Gasteiger partial charge is 0.397 e. The molecule has 2 aromatic rings. The second-order valence-corrected chi connectivity index (χ2v) is 4.96. The molecule has 2 rings (SSSR count). The topological polar surface area (TPSA) is 47.1 Å². The highest BCUT2D eigenvalue weighted by Crippen LogP contribution is 2.22. The zero-order chi connectivity index (χ0) is 13.8. The average molecular weight is 258 g/mol. The summed E-state index contributed by atoms with van der Waals surface area (Å²) < 4.78 is 2.03. The maximum atomic E-state index is 5.98. The van der Waals surface area contributed by atoms with E-state index in [0.29, 0.717) is 6.04 Å². The lowest BCUT2D eigenvalue weighted by Gasteiger charge is -2.19. The van der Waals surface area contributed by atoms with Crippen LogP contribution in [0.3, 0.4) is 0 Å². The van der Waals surface area contributed by atoms with Gasteiger partial charge in [0.05, 0.1) is 23.6 Å². The van der Waals surface area contributed by atoms with Crippen molar-refractivity contribution in [2.45, 2.75) is 32.9 Å². The van der Waals surface area contributed by atoms with Crippen molar-refractivity contribution in [2.75, 3.05) is 17.7 Å². The molecule has 1 aromatic carbocycles. The van der Waals surface area contributed by atoms with Crippen LogP contribution < -0.4 is 10.6 Å². The first-order chi connectivity index (χ1) is 9.11. The van der Waals surface area contributed by atoms with Gasteiger partial charge in [-0.25, -0.2) is 0 Å². The number of hydrogen-bond donors (Lipinski definition) is 1.